The lowest BCUT2D eigenvalue weighted by atomic mass is 9.72. The minimum absolute atomic E-state index is 0.0420. The molecule has 30 heavy (non-hydrogen) atoms. The van der Waals surface area contributed by atoms with Crippen LogP contribution in [0.4, 0.5) is 0 Å². The summed E-state index contributed by atoms with van der Waals surface area (Å²) in [7, 11) is 1.68. The summed E-state index contributed by atoms with van der Waals surface area (Å²) in [5, 5.41) is 14.8. The largest absolute Gasteiger partial charge is 0.351 e. The number of thioether (sulfide) groups is 1. The van der Waals surface area contributed by atoms with Crippen LogP contribution in [0.5, 0.6) is 0 Å². The van der Waals surface area contributed by atoms with Crippen molar-refractivity contribution in [3.05, 3.63) is 65.7 Å². The lowest BCUT2D eigenvalue weighted by Crippen LogP contribution is -2.52. The van der Waals surface area contributed by atoms with Gasteiger partial charge in [-0.05, 0) is 36.8 Å². The van der Waals surface area contributed by atoms with Crippen LogP contribution in [0.1, 0.15) is 28.8 Å². The average Bonchev–Trinajstić information content (AvgIpc) is 2.82. The Balaban J connectivity index is 1.78. The van der Waals surface area contributed by atoms with Crippen molar-refractivity contribution in [2.45, 2.75) is 23.2 Å². The van der Waals surface area contributed by atoms with Gasteiger partial charge in [0.05, 0.1) is 5.56 Å². The molecule has 1 amide bonds. The molecular weight excluding hydrogens is 394 g/mol. The minimum Gasteiger partial charge on any atom is -0.351 e. The highest BCUT2D eigenvalue weighted by atomic mass is 32.2. The van der Waals surface area contributed by atoms with Crippen molar-refractivity contribution < 1.29 is 4.79 Å². The zero-order valence-electron chi connectivity index (χ0n) is 17.4. The molecule has 2 aromatic carbocycles. The van der Waals surface area contributed by atoms with Gasteiger partial charge in [0.15, 0.2) is 6.19 Å². The summed E-state index contributed by atoms with van der Waals surface area (Å²) < 4.78 is 0. The number of carbonyl (C=O) groups is 1. The molecule has 0 saturated carbocycles. The zero-order chi connectivity index (χ0) is 21.4. The fourth-order valence-corrected chi connectivity index (χ4v) is 4.60. The SMILES string of the molecule is CN=C(NC#N)N1CCC(CNC(=O)c2ccccc2SC)(c2ccccc2)CC1. The van der Waals surface area contributed by atoms with Crippen LogP contribution in [0.15, 0.2) is 64.5 Å². The third-order valence-corrected chi connectivity index (χ3v) is 6.52. The molecular formula is C23H27N5OS. The minimum atomic E-state index is -0.160. The van der Waals surface area contributed by atoms with Crippen molar-refractivity contribution in [1.82, 2.24) is 15.5 Å². The summed E-state index contributed by atoms with van der Waals surface area (Å²) in [6.45, 7) is 2.08. The first-order valence-corrected chi connectivity index (χ1v) is 11.2. The third kappa shape index (κ3) is 4.77. The molecule has 2 N–H and O–H groups in total. The van der Waals surface area contributed by atoms with Gasteiger partial charge in [-0.1, -0.05) is 42.5 Å². The zero-order valence-corrected chi connectivity index (χ0v) is 18.2. The number of likely N-dealkylation sites (tertiary alicyclic amines) is 1. The number of benzene rings is 2. The Morgan fingerprint density at radius 1 is 1.17 bits per heavy atom. The second kappa shape index (κ2) is 10.2. The maximum absolute atomic E-state index is 12.9. The van der Waals surface area contributed by atoms with Crippen molar-refractivity contribution in [3.8, 4) is 6.19 Å². The Labute approximate surface area is 182 Å². The average molecular weight is 422 g/mol. The number of amides is 1. The fourth-order valence-electron chi connectivity index (χ4n) is 4.01. The molecule has 6 nitrogen and oxygen atoms in total. The van der Waals surface area contributed by atoms with E-state index in [4.69, 9.17) is 5.26 Å². The molecule has 0 radical (unpaired) electrons. The normalized spacial score (nSPS) is 15.9. The molecule has 1 aliphatic rings. The Morgan fingerprint density at radius 2 is 1.83 bits per heavy atom. The van der Waals surface area contributed by atoms with Gasteiger partial charge >= 0.3 is 0 Å². The summed E-state index contributed by atoms with van der Waals surface area (Å²) in [6.07, 6.45) is 5.65. The van der Waals surface area contributed by atoms with E-state index in [0.717, 1.165) is 30.8 Å². The number of nitrogens with one attached hydrogen (secondary N) is 2. The molecule has 1 heterocycles. The molecule has 2 aromatic rings. The molecule has 0 spiro atoms. The van der Waals surface area contributed by atoms with Gasteiger partial charge in [-0.3, -0.25) is 15.1 Å². The van der Waals surface area contributed by atoms with Crippen LogP contribution < -0.4 is 10.6 Å². The molecule has 7 heteroatoms. The first kappa shape index (κ1) is 21.7. The summed E-state index contributed by atoms with van der Waals surface area (Å²) >= 11 is 1.58. The maximum atomic E-state index is 12.9. The molecule has 0 aliphatic carbocycles. The van der Waals surface area contributed by atoms with E-state index in [-0.39, 0.29) is 11.3 Å². The van der Waals surface area contributed by atoms with E-state index in [0.29, 0.717) is 18.1 Å². The molecule has 1 fully saturated rings. The summed E-state index contributed by atoms with van der Waals surface area (Å²) in [5.41, 5.74) is 1.78. The number of carbonyl (C=O) groups excluding carboxylic acids is 1. The second-order valence-electron chi connectivity index (χ2n) is 7.30. The Hall–Kier alpha value is -2.98. The maximum Gasteiger partial charge on any atom is 0.252 e. The molecule has 0 unspecified atom stereocenters. The number of aliphatic imine (C=N–C) groups is 1. The molecule has 1 aliphatic heterocycles. The van der Waals surface area contributed by atoms with E-state index in [1.165, 1.54) is 5.56 Å². The lowest BCUT2D eigenvalue weighted by Gasteiger charge is -2.43. The molecule has 1 saturated heterocycles. The van der Waals surface area contributed by atoms with Gasteiger partial charge in [0, 0.05) is 37.0 Å². The Bertz CT molecular complexity index is 930. The molecule has 0 aromatic heterocycles. The van der Waals surface area contributed by atoms with Gasteiger partial charge < -0.3 is 10.2 Å². The van der Waals surface area contributed by atoms with E-state index in [9.17, 15) is 4.79 Å². The van der Waals surface area contributed by atoms with Gasteiger partial charge in [-0.15, -0.1) is 11.8 Å². The van der Waals surface area contributed by atoms with Crippen molar-refractivity contribution in [2.24, 2.45) is 4.99 Å². The lowest BCUT2D eigenvalue weighted by molar-refractivity contribution is 0.0929. The third-order valence-electron chi connectivity index (χ3n) is 5.72. The van der Waals surface area contributed by atoms with Gasteiger partial charge in [-0.2, -0.15) is 5.26 Å². The highest BCUT2D eigenvalue weighted by molar-refractivity contribution is 7.98. The van der Waals surface area contributed by atoms with E-state index in [2.05, 4.69) is 32.7 Å². The van der Waals surface area contributed by atoms with Crippen LogP contribution in [-0.4, -0.2) is 49.7 Å². The van der Waals surface area contributed by atoms with Gasteiger partial charge in [0.2, 0.25) is 5.96 Å². The van der Waals surface area contributed by atoms with Crippen LogP contribution in [0.2, 0.25) is 0 Å². The highest BCUT2D eigenvalue weighted by Crippen LogP contribution is 2.35. The van der Waals surface area contributed by atoms with Crippen molar-refractivity contribution >= 4 is 23.6 Å². The van der Waals surface area contributed by atoms with Gasteiger partial charge in [0.25, 0.3) is 5.91 Å². The second-order valence-corrected chi connectivity index (χ2v) is 8.15. The summed E-state index contributed by atoms with van der Waals surface area (Å²) in [5.74, 6) is 0.553. The van der Waals surface area contributed by atoms with Gasteiger partial charge in [0.1, 0.15) is 0 Å². The molecule has 0 atom stereocenters. The van der Waals surface area contributed by atoms with E-state index in [1.54, 1.807) is 18.8 Å². The number of piperidine rings is 1. The van der Waals surface area contributed by atoms with Crippen LogP contribution in [-0.2, 0) is 5.41 Å². The highest BCUT2D eigenvalue weighted by Gasteiger charge is 2.37. The quantitative estimate of drug-likeness (QED) is 0.255. The van der Waals surface area contributed by atoms with Crippen LogP contribution in [0, 0.1) is 11.5 Å². The predicted molar refractivity (Wildman–Crippen MR) is 122 cm³/mol. The first-order chi connectivity index (χ1) is 14.6. The summed E-state index contributed by atoms with van der Waals surface area (Å²) in [6, 6.07) is 18.1. The summed E-state index contributed by atoms with van der Waals surface area (Å²) in [4.78, 5) is 20.2. The number of nitrogens with zero attached hydrogens (tertiary/aromatic N) is 3. The monoisotopic (exact) mass is 421 g/mol. The van der Waals surface area contributed by atoms with E-state index in [1.807, 2.05) is 54.9 Å². The van der Waals surface area contributed by atoms with E-state index < -0.39 is 0 Å². The number of hydrogen-bond acceptors (Lipinski definition) is 4. The fraction of sp³-hybridized carbons (Fsp3) is 0.348. The smallest absolute Gasteiger partial charge is 0.252 e. The molecule has 156 valence electrons. The molecule has 3 rings (SSSR count). The number of guanidine groups is 1. The van der Waals surface area contributed by atoms with Crippen molar-refractivity contribution in [2.75, 3.05) is 32.9 Å². The van der Waals surface area contributed by atoms with Crippen LogP contribution in [0.25, 0.3) is 0 Å². The number of nitriles is 1. The predicted octanol–water partition coefficient (Wildman–Crippen LogP) is 3.23. The number of hydrogen-bond donors (Lipinski definition) is 2. The van der Waals surface area contributed by atoms with Crippen LogP contribution in [0.3, 0.4) is 0 Å². The van der Waals surface area contributed by atoms with E-state index >= 15 is 0 Å². The van der Waals surface area contributed by atoms with Gasteiger partial charge in [-0.25, -0.2) is 0 Å². The Morgan fingerprint density at radius 3 is 2.47 bits per heavy atom. The Kier molecular flexibility index (Phi) is 7.36. The topological polar surface area (TPSA) is 80.5 Å². The standard InChI is InChI=1S/C23H27N5OS/c1-25-22(27-17-24)28-14-12-23(13-15-28,18-8-4-3-5-9-18)16-26-21(29)19-10-6-7-11-20(19)30-2/h3-11H,12-16H2,1-2H3,(H,25,27)(H,26,29). The molecule has 0 bridgehead atoms. The first-order valence-electron chi connectivity index (χ1n) is 9.97. The van der Waals surface area contributed by atoms with Crippen molar-refractivity contribution in [3.63, 3.8) is 0 Å². The van der Waals surface area contributed by atoms with Crippen LogP contribution >= 0.6 is 11.8 Å². The van der Waals surface area contributed by atoms with Crippen molar-refractivity contribution in [1.29, 1.82) is 5.26 Å². The number of rotatable bonds is 5.